The first kappa shape index (κ1) is 26.1. The van der Waals surface area contributed by atoms with Crippen LogP contribution in [0.25, 0.3) is 0 Å². The predicted octanol–water partition coefficient (Wildman–Crippen LogP) is 5.49. The molecule has 1 aromatic carbocycles. The number of amides is 1. The van der Waals surface area contributed by atoms with Crippen molar-refractivity contribution in [1.82, 2.24) is 14.8 Å². The van der Waals surface area contributed by atoms with Gasteiger partial charge in [-0.3, -0.25) is 9.36 Å². The van der Waals surface area contributed by atoms with Gasteiger partial charge in [0, 0.05) is 16.4 Å². The van der Waals surface area contributed by atoms with Gasteiger partial charge in [-0.15, -0.1) is 28.1 Å². The van der Waals surface area contributed by atoms with Crippen molar-refractivity contribution in [1.29, 1.82) is 0 Å². The quantitative estimate of drug-likeness (QED) is 0.195. The molecule has 12 heteroatoms. The third kappa shape index (κ3) is 6.53. The molecular weight excluding hydrogens is 519 g/mol. The van der Waals surface area contributed by atoms with Crippen molar-refractivity contribution in [2.45, 2.75) is 31.7 Å². The van der Waals surface area contributed by atoms with E-state index in [-0.39, 0.29) is 18.3 Å². The summed E-state index contributed by atoms with van der Waals surface area (Å²) in [5, 5.41) is 13.1. The summed E-state index contributed by atoms with van der Waals surface area (Å²) in [6.45, 7) is 6.30. The van der Waals surface area contributed by atoms with Crippen LogP contribution in [-0.4, -0.2) is 39.5 Å². The predicted molar refractivity (Wildman–Crippen MR) is 135 cm³/mol. The molecule has 3 aromatic rings. The van der Waals surface area contributed by atoms with E-state index in [1.807, 2.05) is 6.92 Å². The zero-order valence-electron chi connectivity index (χ0n) is 18.5. The number of anilines is 1. The maximum atomic E-state index is 12.6. The summed E-state index contributed by atoms with van der Waals surface area (Å²) in [4.78, 5) is 25.6. The lowest BCUT2D eigenvalue weighted by Crippen LogP contribution is -2.16. The Labute approximate surface area is 215 Å². The van der Waals surface area contributed by atoms with Crippen LogP contribution >= 0.6 is 46.3 Å². The molecule has 0 saturated heterocycles. The molecule has 0 saturated carbocycles. The van der Waals surface area contributed by atoms with Gasteiger partial charge >= 0.3 is 5.97 Å². The third-order valence-corrected chi connectivity index (χ3v) is 7.17. The van der Waals surface area contributed by atoms with E-state index in [1.54, 1.807) is 34.9 Å². The van der Waals surface area contributed by atoms with E-state index in [9.17, 15) is 9.59 Å². The van der Waals surface area contributed by atoms with E-state index in [4.69, 9.17) is 32.7 Å². The van der Waals surface area contributed by atoms with Gasteiger partial charge in [0.2, 0.25) is 5.91 Å². The molecule has 34 heavy (non-hydrogen) atoms. The number of nitrogens with zero attached hydrogens (tertiary/aromatic N) is 3. The minimum atomic E-state index is -0.491. The van der Waals surface area contributed by atoms with Crippen LogP contribution in [0.4, 0.5) is 5.00 Å². The van der Waals surface area contributed by atoms with E-state index in [2.05, 4.69) is 22.1 Å². The van der Waals surface area contributed by atoms with Gasteiger partial charge in [-0.05, 0) is 30.7 Å². The molecule has 8 nitrogen and oxygen atoms in total. The van der Waals surface area contributed by atoms with Crippen molar-refractivity contribution < 1.29 is 19.1 Å². The molecule has 0 fully saturated rings. The Morgan fingerprint density at radius 3 is 2.76 bits per heavy atom. The summed E-state index contributed by atoms with van der Waals surface area (Å²) in [6.07, 6.45) is 2.45. The SMILES string of the molecule is C=CCn1c(COc2ccc(Cl)cc2Cl)nnc1SCC(=O)Nc1sc(CC)cc1C(=O)OC. The molecule has 0 atom stereocenters. The van der Waals surface area contributed by atoms with E-state index in [0.29, 0.717) is 43.9 Å². The highest BCUT2D eigenvalue weighted by molar-refractivity contribution is 7.99. The number of rotatable bonds is 11. The van der Waals surface area contributed by atoms with Crippen LogP contribution in [0.5, 0.6) is 5.75 Å². The number of thioether (sulfide) groups is 1. The fourth-order valence-corrected chi connectivity index (χ4v) is 5.07. The molecule has 0 unspecified atom stereocenters. The number of hydrogen-bond acceptors (Lipinski definition) is 8. The number of thiophene rings is 1. The van der Waals surface area contributed by atoms with Crippen LogP contribution in [-0.2, 0) is 29.1 Å². The monoisotopic (exact) mass is 540 g/mol. The first-order chi connectivity index (χ1) is 16.4. The highest BCUT2D eigenvalue weighted by atomic mass is 35.5. The number of methoxy groups -OCH3 is 1. The number of ether oxygens (including phenoxy) is 2. The van der Waals surface area contributed by atoms with Gasteiger partial charge in [0.15, 0.2) is 11.0 Å². The number of aromatic nitrogens is 3. The maximum Gasteiger partial charge on any atom is 0.340 e. The fourth-order valence-electron chi connectivity index (χ4n) is 2.84. The first-order valence-corrected chi connectivity index (χ1v) is 12.7. The molecule has 0 spiro atoms. The average molecular weight is 541 g/mol. The van der Waals surface area contributed by atoms with E-state index in [0.717, 1.165) is 11.3 Å². The molecular formula is C22H22Cl2N4O4S2. The van der Waals surface area contributed by atoms with Crippen molar-refractivity contribution in [2.75, 3.05) is 18.2 Å². The third-order valence-electron chi connectivity index (χ3n) is 4.48. The van der Waals surface area contributed by atoms with Gasteiger partial charge in [-0.2, -0.15) is 0 Å². The normalized spacial score (nSPS) is 10.7. The minimum absolute atomic E-state index is 0.0686. The molecule has 0 aliphatic rings. The number of carbonyl (C=O) groups is 2. The second-order valence-electron chi connectivity index (χ2n) is 6.80. The second kappa shape index (κ2) is 12.3. The van der Waals surface area contributed by atoms with Crippen LogP contribution in [0.2, 0.25) is 10.0 Å². The average Bonchev–Trinajstić information content (AvgIpc) is 3.40. The molecule has 0 radical (unpaired) electrons. The molecule has 0 aliphatic heterocycles. The standard InChI is InChI=1S/C22H22Cl2N4O4S2/c1-4-8-28-18(11-32-17-7-6-13(23)9-16(17)24)26-27-22(28)33-12-19(29)25-20-15(21(30)31-3)10-14(5-2)34-20/h4,6-7,9-10H,1,5,8,11-12H2,2-3H3,(H,25,29). The lowest BCUT2D eigenvalue weighted by atomic mass is 10.2. The Kier molecular flexibility index (Phi) is 9.40. The number of hydrogen-bond donors (Lipinski definition) is 1. The van der Waals surface area contributed by atoms with Crippen molar-refractivity contribution >= 4 is 63.2 Å². The molecule has 1 N–H and O–H groups in total. The van der Waals surface area contributed by atoms with Gasteiger partial charge in [0.25, 0.3) is 0 Å². The summed E-state index contributed by atoms with van der Waals surface area (Å²) >= 11 is 14.6. The number of halogens is 2. The summed E-state index contributed by atoms with van der Waals surface area (Å²) in [6, 6.07) is 6.68. The topological polar surface area (TPSA) is 95.3 Å². The largest absolute Gasteiger partial charge is 0.484 e. The van der Waals surface area contributed by atoms with Crippen LogP contribution in [0.1, 0.15) is 28.0 Å². The Morgan fingerprint density at radius 2 is 2.09 bits per heavy atom. The molecule has 0 aliphatic carbocycles. The van der Waals surface area contributed by atoms with Crippen molar-refractivity contribution in [3.63, 3.8) is 0 Å². The van der Waals surface area contributed by atoms with Gasteiger partial charge in [0.1, 0.15) is 17.4 Å². The van der Waals surface area contributed by atoms with Gasteiger partial charge in [0.05, 0.1) is 23.4 Å². The molecule has 1 amide bonds. The summed E-state index contributed by atoms with van der Waals surface area (Å²) < 4.78 is 12.4. The van der Waals surface area contributed by atoms with Crippen LogP contribution < -0.4 is 10.1 Å². The van der Waals surface area contributed by atoms with Gasteiger partial charge < -0.3 is 14.8 Å². The lowest BCUT2D eigenvalue weighted by molar-refractivity contribution is -0.113. The Morgan fingerprint density at radius 1 is 1.29 bits per heavy atom. The van der Waals surface area contributed by atoms with E-state index < -0.39 is 5.97 Å². The van der Waals surface area contributed by atoms with E-state index in [1.165, 1.54) is 30.2 Å². The Bertz CT molecular complexity index is 1200. The Balaban J connectivity index is 1.66. The fraction of sp³-hybridized carbons (Fsp3) is 0.273. The van der Waals surface area contributed by atoms with Crippen molar-refractivity contribution in [2.24, 2.45) is 0 Å². The second-order valence-corrected chi connectivity index (χ2v) is 9.72. The molecule has 2 aromatic heterocycles. The zero-order chi connectivity index (χ0) is 24.7. The number of nitrogens with one attached hydrogen (secondary N) is 1. The summed E-state index contributed by atoms with van der Waals surface area (Å²) in [5.41, 5.74) is 0.345. The Hall–Kier alpha value is -2.53. The minimum Gasteiger partial charge on any atom is -0.484 e. The molecule has 180 valence electrons. The van der Waals surface area contributed by atoms with Crippen molar-refractivity contribution in [3.05, 3.63) is 63.2 Å². The summed E-state index contributed by atoms with van der Waals surface area (Å²) in [5.74, 6) is 0.317. The van der Waals surface area contributed by atoms with E-state index >= 15 is 0 Å². The van der Waals surface area contributed by atoms with Crippen LogP contribution in [0, 0.1) is 0 Å². The van der Waals surface area contributed by atoms with Crippen LogP contribution in [0.15, 0.2) is 42.1 Å². The number of carbonyl (C=O) groups excluding carboxylic acids is 2. The smallest absolute Gasteiger partial charge is 0.340 e. The highest BCUT2D eigenvalue weighted by Crippen LogP contribution is 2.30. The molecule has 3 rings (SSSR count). The first-order valence-electron chi connectivity index (χ1n) is 10.1. The maximum absolute atomic E-state index is 12.6. The lowest BCUT2D eigenvalue weighted by Gasteiger charge is -2.10. The summed E-state index contributed by atoms with van der Waals surface area (Å²) in [7, 11) is 1.31. The number of allylic oxidation sites excluding steroid dienone is 1. The number of aryl methyl sites for hydroxylation is 1. The zero-order valence-corrected chi connectivity index (χ0v) is 21.6. The van der Waals surface area contributed by atoms with Crippen LogP contribution in [0.3, 0.4) is 0 Å². The molecule has 2 heterocycles. The highest BCUT2D eigenvalue weighted by Gasteiger charge is 2.19. The van der Waals surface area contributed by atoms with Crippen molar-refractivity contribution in [3.8, 4) is 5.75 Å². The number of esters is 1. The number of benzene rings is 1. The molecule has 0 bridgehead atoms. The van der Waals surface area contributed by atoms with Gasteiger partial charge in [-0.25, -0.2) is 4.79 Å². The van der Waals surface area contributed by atoms with Gasteiger partial charge in [-0.1, -0.05) is 48.0 Å².